The Hall–Kier alpha value is -2.20. The zero-order valence-corrected chi connectivity index (χ0v) is 12.3. The van der Waals surface area contributed by atoms with Crippen LogP contribution in [0.2, 0.25) is 5.02 Å². The number of carbonyl (C=O) groups is 1. The first kappa shape index (κ1) is 13.8. The molecule has 1 unspecified atom stereocenters. The fourth-order valence-corrected chi connectivity index (χ4v) is 2.49. The third-order valence-electron chi connectivity index (χ3n) is 3.37. The average Bonchev–Trinajstić information content (AvgIpc) is 2.49. The normalized spacial score (nSPS) is 14.7. The predicted octanol–water partition coefficient (Wildman–Crippen LogP) is 3.84. The van der Waals surface area contributed by atoms with E-state index in [9.17, 15) is 4.79 Å². The molecule has 21 heavy (non-hydrogen) atoms. The van der Waals surface area contributed by atoms with Gasteiger partial charge in [0.1, 0.15) is 5.75 Å². The van der Waals surface area contributed by atoms with Crippen molar-refractivity contribution in [1.82, 2.24) is 0 Å². The number of hydrogen-bond acceptors (Lipinski definition) is 3. The molecule has 1 heterocycles. The van der Waals surface area contributed by atoms with Gasteiger partial charge in [-0.3, -0.25) is 4.79 Å². The summed E-state index contributed by atoms with van der Waals surface area (Å²) in [5.74, 6) is 0.457. The number of nitrogens with one attached hydrogen (secondary N) is 2. The molecule has 1 amide bonds. The Morgan fingerprint density at radius 2 is 2.05 bits per heavy atom. The molecule has 5 heteroatoms. The van der Waals surface area contributed by atoms with Crippen LogP contribution in [0.25, 0.3) is 0 Å². The van der Waals surface area contributed by atoms with Crippen LogP contribution in [0.5, 0.6) is 5.75 Å². The molecule has 3 rings (SSSR count). The SMILES string of the molecule is CC(Nc1cc2c(cc1Cl)NC(=O)CO2)c1ccccc1. The largest absolute Gasteiger partial charge is 0.482 e. The number of amides is 1. The topological polar surface area (TPSA) is 50.4 Å². The van der Waals surface area contributed by atoms with Crippen molar-refractivity contribution in [3.63, 3.8) is 0 Å². The third kappa shape index (κ3) is 2.95. The molecule has 1 atom stereocenters. The number of carbonyl (C=O) groups excluding carboxylic acids is 1. The van der Waals surface area contributed by atoms with E-state index in [4.69, 9.17) is 16.3 Å². The average molecular weight is 303 g/mol. The van der Waals surface area contributed by atoms with Crippen LogP contribution in [0, 0.1) is 0 Å². The van der Waals surface area contributed by atoms with E-state index < -0.39 is 0 Å². The summed E-state index contributed by atoms with van der Waals surface area (Å²) in [6, 6.07) is 13.7. The molecule has 0 aliphatic carbocycles. The molecule has 0 saturated carbocycles. The van der Waals surface area contributed by atoms with Crippen molar-refractivity contribution >= 4 is 28.9 Å². The van der Waals surface area contributed by atoms with Crippen molar-refractivity contribution in [3.05, 3.63) is 53.1 Å². The van der Waals surface area contributed by atoms with Gasteiger partial charge in [-0.2, -0.15) is 0 Å². The lowest BCUT2D eigenvalue weighted by molar-refractivity contribution is -0.118. The van der Waals surface area contributed by atoms with Crippen molar-refractivity contribution in [3.8, 4) is 5.75 Å². The van der Waals surface area contributed by atoms with Crippen LogP contribution in [0.3, 0.4) is 0 Å². The molecule has 4 nitrogen and oxygen atoms in total. The van der Waals surface area contributed by atoms with Gasteiger partial charge in [0.25, 0.3) is 5.91 Å². The summed E-state index contributed by atoms with van der Waals surface area (Å²) >= 11 is 6.27. The van der Waals surface area contributed by atoms with Gasteiger partial charge < -0.3 is 15.4 Å². The fraction of sp³-hybridized carbons (Fsp3) is 0.188. The first-order valence-corrected chi connectivity index (χ1v) is 7.09. The minimum atomic E-state index is -0.170. The molecule has 0 radical (unpaired) electrons. The maximum absolute atomic E-state index is 11.3. The second-order valence-corrected chi connectivity index (χ2v) is 5.35. The lowest BCUT2D eigenvalue weighted by atomic mass is 10.1. The molecule has 0 bridgehead atoms. The van der Waals surface area contributed by atoms with Gasteiger partial charge in [-0.25, -0.2) is 0 Å². The van der Waals surface area contributed by atoms with Gasteiger partial charge in [0.15, 0.2) is 6.61 Å². The van der Waals surface area contributed by atoms with Gasteiger partial charge in [-0.1, -0.05) is 41.9 Å². The molecular weight excluding hydrogens is 288 g/mol. The summed E-state index contributed by atoms with van der Waals surface area (Å²) in [6.45, 7) is 2.09. The molecule has 0 saturated heterocycles. The number of hydrogen-bond donors (Lipinski definition) is 2. The highest BCUT2D eigenvalue weighted by molar-refractivity contribution is 6.33. The Bertz CT molecular complexity index is 673. The van der Waals surface area contributed by atoms with E-state index in [2.05, 4.69) is 29.7 Å². The van der Waals surface area contributed by atoms with Gasteiger partial charge in [-0.15, -0.1) is 0 Å². The Kier molecular flexibility index (Phi) is 3.71. The Morgan fingerprint density at radius 1 is 1.29 bits per heavy atom. The summed E-state index contributed by atoms with van der Waals surface area (Å²) in [6.07, 6.45) is 0. The zero-order chi connectivity index (χ0) is 14.8. The maximum atomic E-state index is 11.3. The number of ether oxygens (including phenoxy) is 1. The summed E-state index contributed by atoms with van der Waals surface area (Å²) in [5.41, 5.74) is 2.55. The lowest BCUT2D eigenvalue weighted by Crippen LogP contribution is -2.25. The number of benzene rings is 2. The first-order valence-electron chi connectivity index (χ1n) is 6.71. The molecule has 1 aliphatic rings. The Morgan fingerprint density at radius 3 is 2.81 bits per heavy atom. The van der Waals surface area contributed by atoms with E-state index in [-0.39, 0.29) is 18.6 Å². The molecule has 0 spiro atoms. The van der Waals surface area contributed by atoms with Gasteiger partial charge in [0.2, 0.25) is 0 Å². The minimum absolute atomic E-state index is 0.0301. The van der Waals surface area contributed by atoms with E-state index in [0.29, 0.717) is 16.5 Å². The van der Waals surface area contributed by atoms with Gasteiger partial charge in [-0.05, 0) is 18.6 Å². The molecule has 108 valence electrons. The molecular formula is C16H15ClN2O2. The van der Waals surface area contributed by atoms with Crippen molar-refractivity contribution in [1.29, 1.82) is 0 Å². The van der Waals surface area contributed by atoms with Crippen LogP contribution in [-0.2, 0) is 4.79 Å². The standard InChI is InChI=1S/C16H15ClN2O2/c1-10(11-5-3-2-4-6-11)18-13-8-15-14(7-12(13)17)19-16(20)9-21-15/h2-8,10,18H,9H2,1H3,(H,19,20). The molecule has 2 N–H and O–H groups in total. The van der Waals surface area contributed by atoms with Crippen LogP contribution in [0.4, 0.5) is 11.4 Å². The van der Waals surface area contributed by atoms with Gasteiger partial charge in [0, 0.05) is 12.1 Å². The van der Waals surface area contributed by atoms with Crippen molar-refractivity contribution < 1.29 is 9.53 Å². The number of halogens is 1. The maximum Gasteiger partial charge on any atom is 0.262 e. The monoisotopic (exact) mass is 302 g/mol. The van der Waals surface area contributed by atoms with Crippen LogP contribution in [0.1, 0.15) is 18.5 Å². The summed E-state index contributed by atoms with van der Waals surface area (Å²) in [5, 5.41) is 6.64. The number of anilines is 2. The molecule has 2 aromatic carbocycles. The third-order valence-corrected chi connectivity index (χ3v) is 3.69. The van der Waals surface area contributed by atoms with Crippen molar-refractivity contribution in [2.45, 2.75) is 13.0 Å². The van der Waals surface area contributed by atoms with Gasteiger partial charge in [0.05, 0.1) is 16.4 Å². The quantitative estimate of drug-likeness (QED) is 0.905. The highest BCUT2D eigenvalue weighted by Crippen LogP contribution is 2.37. The predicted molar refractivity (Wildman–Crippen MR) is 84.1 cm³/mol. The van der Waals surface area contributed by atoms with Crippen LogP contribution < -0.4 is 15.4 Å². The molecule has 2 aromatic rings. The number of rotatable bonds is 3. The molecule has 0 fully saturated rings. The Balaban J connectivity index is 1.84. The smallest absolute Gasteiger partial charge is 0.262 e. The van der Waals surface area contributed by atoms with Crippen LogP contribution in [0.15, 0.2) is 42.5 Å². The lowest BCUT2D eigenvalue weighted by Gasteiger charge is -2.22. The van der Waals surface area contributed by atoms with E-state index in [1.807, 2.05) is 24.3 Å². The van der Waals surface area contributed by atoms with E-state index >= 15 is 0 Å². The molecule has 1 aliphatic heterocycles. The second-order valence-electron chi connectivity index (χ2n) is 4.94. The summed E-state index contributed by atoms with van der Waals surface area (Å²) in [7, 11) is 0. The van der Waals surface area contributed by atoms with Crippen molar-refractivity contribution in [2.75, 3.05) is 17.2 Å². The van der Waals surface area contributed by atoms with E-state index in [0.717, 1.165) is 5.69 Å². The second kappa shape index (κ2) is 5.66. The molecule has 0 aromatic heterocycles. The minimum Gasteiger partial charge on any atom is -0.482 e. The van der Waals surface area contributed by atoms with E-state index in [1.165, 1.54) is 5.56 Å². The summed E-state index contributed by atoms with van der Waals surface area (Å²) < 4.78 is 5.41. The number of fused-ring (bicyclic) bond motifs is 1. The van der Waals surface area contributed by atoms with Gasteiger partial charge >= 0.3 is 0 Å². The van der Waals surface area contributed by atoms with E-state index in [1.54, 1.807) is 6.07 Å². The van der Waals surface area contributed by atoms with Crippen LogP contribution >= 0.6 is 11.6 Å². The Labute approximate surface area is 128 Å². The highest BCUT2D eigenvalue weighted by atomic mass is 35.5. The van der Waals surface area contributed by atoms with Crippen molar-refractivity contribution in [2.24, 2.45) is 0 Å². The zero-order valence-electron chi connectivity index (χ0n) is 11.5. The first-order chi connectivity index (χ1) is 10.1. The highest BCUT2D eigenvalue weighted by Gasteiger charge is 2.19. The summed E-state index contributed by atoms with van der Waals surface area (Å²) in [4.78, 5) is 11.3. The van der Waals surface area contributed by atoms with Crippen LogP contribution in [-0.4, -0.2) is 12.5 Å². The fourth-order valence-electron chi connectivity index (χ4n) is 2.27.